The Bertz CT molecular complexity index is 578. The van der Waals surface area contributed by atoms with Crippen molar-refractivity contribution in [2.45, 2.75) is 26.3 Å². The van der Waals surface area contributed by atoms with E-state index in [0.29, 0.717) is 23.6 Å². The van der Waals surface area contributed by atoms with Crippen LogP contribution in [0.15, 0.2) is 4.52 Å². The Hall–Kier alpha value is -1.54. The lowest BCUT2D eigenvalue weighted by Crippen LogP contribution is -2.42. The molecule has 2 amide bonds. The summed E-state index contributed by atoms with van der Waals surface area (Å²) in [5.41, 5.74) is 1.11. The number of hydrogen-bond acceptors (Lipinski definition) is 6. The number of aromatic nitrogens is 1. The van der Waals surface area contributed by atoms with E-state index in [1.807, 2.05) is 4.90 Å². The molecule has 23 heavy (non-hydrogen) atoms. The quantitative estimate of drug-likeness (QED) is 0.833. The van der Waals surface area contributed by atoms with Gasteiger partial charge in [-0.15, -0.1) is 11.8 Å². The van der Waals surface area contributed by atoms with Crippen molar-refractivity contribution < 1.29 is 14.1 Å². The molecule has 0 saturated carbocycles. The minimum atomic E-state index is -0.160. The predicted octanol–water partition coefficient (Wildman–Crippen LogP) is 0.532. The molecule has 0 spiro atoms. The van der Waals surface area contributed by atoms with Crippen LogP contribution in [0.3, 0.4) is 0 Å². The molecule has 3 heterocycles. The summed E-state index contributed by atoms with van der Waals surface area (Å²) in [6.45, 7) is 5.63. The SMILES string of the molecule is Cc1noc(C)c1C(=O)NC[C@@H]1CN[C@H](C(=O)N2CCSC2)C1. The molecule has 8 heteroatoms. The summed E-state index contributed by atoms with van der Waals surface area (Å²) in [5, 5.41) is 10.0. The Balaban J connectivity index is 1.48. The molecule has 7 nitrogen and oxygen atoms in total. The van der Waals surface area contributed by atoms with Crippen LogP contribution in [0.4, 0.5) is 0 Å². The van der Waals surface area contributed by atoms with E-state index in [0.717, 1.165) is 31.1 Å². The number of aryl methyl sites for hydroxylation is 2. The number of amides is 2. The number of carbonyl (C=O) groups excluding carboxylic acids is 2. The maximum atomic E-state index is 12.3. The van der Waals surface area contributed by atoms with Crippen LogP contribution in [-0.4, -0.2) is 59.2 Å². The first kappa shape index (κ1) is 16.3. The second-order valence-corrected chi connectivity index (χ2v) is 7.19. The first-order valence-corrected chi connectivity index (χ1v) is 9.02. The summed E-state index contributed by atoms with van der Waals surface area (Å²) in [5.74, 6) is 2.65. The van der Waals surface area contributed by atoms with Crippen molar-refractivity contribution in [1.82, 2.24) is 20.7 Å². The van der Waals surface area contributed by atoms with Crippen molar-refractivity contribution in [3.8, 4) is 0 Å². The van der Waals surface area contributed by atoms with Gasteiger partial charge in [0.1, 0.15) is 11.3 Å². The lowest BCUT2D eigenvalue weighted by molar-refractivity contribution is -0.131. The van der Waals surface area contributed by atoms with Gasteiger partial charge in [-0.25, -0.2) is 0 Å². The Morgan fingerprint density at radius 3 is 2.96 bits per heavy atom. The van der Waals surface area contributed by atoms with E-state index >= 15 is 0 Å². The highest BCUT2D eigenvalue weighted by Gasteiger charge is 2.33. The van der Waals surface area contributed by atoms with Crippen molar-refractivity contribution in [2.24, 2.45) is 5.92 Å². The van der Waals surface area contributed by atoms with Gasteiger partial charge in [-0.05, 0) is 26.2 Å². The number of nitrogens with one attached hydrogen (secondary N) is 2. The number of rotatable bonds is 4. The van der Waals surface area contributed by atoms with Crippen molar-refractivity contribution in [3.63, 3.8) is 0 Å². The molecule has 2 atom stereocenters. The molecule has 1 aromatic rings. The van der Waals surface area contributed by atoms with Crippen LogP contribution < -0.4 is 10.6 Å². The largest absolute Gasteiger partial charge is 0.361 e. The smallest absolute Gasteiger partial charge is 0.256 e. The third kappa shape index (κ3) is 3.53. The molecule has 0 bridgehead atoms. The van der Waals surface area contributed by atoms with Gasteiger partial charge < -0.3 is 20.1 Å². The molecular weight excluding hydrogens is 316 g/mol. The standard InChI is InChI=1S/C15H22N4O3S/c1-9-13(10(2)22-18-9)14(20)17-7-11-5-12(16-6-11)15(21)19-3-4-23-8-19/h11-12,16H,3-8H2,1-2H3,(H,17,20)/t11-,12-/m0/s1. The first-order valence-electron chi connectivity index (χ1n) is 7.87. The molecule has 0 aliphatic carbocycles. The van der Waals surface area contributed by atoms with E-state index in [9.17, 15) is 9.59 Å². The minimum absolute atomic E-state index is 0.116. The lowest BCUT2D eigenvalue weighted by atomic mass is 10.0. The molecule has 1 aromatic heterocycles. The second-order valence-electron chi connectivity index (χ2n) is 6.11. The molecule has 0 unspecified atom stereocenters. The Labute approximate surface area is 139 Å². The van der Waals surface area contributed by atoms with E-state index in [2.05, 4.69) is 15.8 Å². The van der Waals surface area contributed by atoms with Crippen LogP contribution >= 0.6 is 11.8 Å². The fraction of sp³-hybridized carbons (Fsp3) is 0.667. The fourth-order valence-electron chi connectivity index (χ4n) is 3.09. The number of thioether (sulfide) groups is 1. The summed E-state index contributed by atoms with van der Waals surface area (Å²) < 4.78 is 5.02. The minimum Gasteiger partial charge on any atom is -0.361 e. The van der Waals surface area contributed by atoms with Gasteiger partial charge in [-0.3, -0.25) is 9.59 Å². The molecule has 2 aliphatic heterocycles. The van der Waals surface area contributed by atoms with E-state index in [1.165, 1.54) is 0 Å². The van der Waals surface area contributed by atoms with Crippen molar-refractivity contribution in [1.29, 1.82) is 0 Å². The maximum Gasteiger partial charge on any atom is 0.256 e. The van der Waals surface area contributed by atoms with Gasteiger partial charge in [0.2, 0.25) is 5.91 Å². The zero-order valence-corrected chi connectivity index (χ0v) is 14.2. The summed E-state index contributed by atoms with van der Waals surface area (Å²) >= 11 is 1.79. The Morgan fingerprint density at radius 2 is 2.30 bits per heavy atom. The molecular formula is C15H22N4O3S. The molecule has 2 aliphatic rings. The normalized spacial score (nSPS) is 24.2. The van der Waals surface area contributed by atoms with Gasteiger partial charge in [0.25, 0.3) is 5.91 Å². The van der Waals surface area contributed by atoms with Gasteiger partial charge in [-0.2, -0.15) is 0 Å². The van der Waals surface area contributed by atoms with Crippen molar-refractivity contribution >= 4 is 23.6 Å². The van der Waals surface area contributed by atoms with E-state index in [-0.39, 0.29) is 23.8 Å². The van der Waals surface area contributed by atoms with Gasteiger partial charge in [-0.1, -0.05) is 5.16 Å². The van der Waals surface area contributed by atoms with Gasteiger partial charge in [0.05, 0.1) is 17.6 Å². The third-order valence-electron chi connectivity index (χ3n) is 4.40. The summed E-state index contributed by atoms with van der Waals surface area (Å²) in [6.07, 6.45) is 0.766. The van der Waals surface area contributed by atoms with E-state index < -0.39 is 0 Å². The van der Waals surface area contributed by atoms with E-state index in [4.69, 9.17) is 4.52 Å². The zero-order chi connectivity index (χ0) is 16.4. The Kier molecular flexibility index (Phi) is 4.91. The van der Waals surface area contributed by atoms with Crippen molar-refractivity contribution in [3.05, 3.63) is 17.0 Å². The molecule has 2 N–H and O–H groups in total. The van der Waals surface area contributed by atoms with Crippen LogP contribution in [0.5, 0.6) is 0 Å². The molecule has 0 radical (unpaired) electrons. The second kappa shape index (κ2) is 6.92. The van der Waals surface area contributed by atoms with Gasteiger partial charge in [0, 0.05) is 25.4 Å². The van der Waals surface area contributed by atoms with Crippen LogP contribution in [0, 0.1) is 19.8 Å². The van der Waals surface area contributed by atoms with Crippen LogP contribution in [0.25, 0.3) is 0 Å². The van der Waals surface area contributed by atoms with Crippen LogP contribution in [0.1, 0.15) is 28.2 Å². The van der Waals surface area contributed by atoms with Gasteiger partial charge in [0.15, 0.2) is 0 Å². The highest BCUT2D eigenvalue weighted by molar-refractivity contribution is 7.99. The average molecular weight is 338 g/mol. The summed E-state index contributed by atoms with van der Waals surface area (Å²) in [7, 11) is 0. The molecule has 0 aromatic carbocycles. The number of hydrogen-bond donors (Lipinski definition) is 2. The van der Waals surface area contributed by atoms with E-state index in [1.54, 1.807) is 25.6 Å². The van der Waals surface area contributed by atoms with Crippen LogP contribution in [0.2, 0.25) is 0 Å². The highest BCUT2D eigenvalue weighted by Crippen LogP contribution is 2.20. The third-order valence-corrected chi connectivity index (χ3v) is 5.36. The lowest BCUT2D eigenvalue weighted by Gasteiger charge is -2.19. The molecule has 3 rings (SSSR count). The highest BCUT2D eigenvalue weighted by atomic mass is 32.2. The Morgan fingerprint density at radius 1 is 1.48 bits per heavy atom. The van der Waals surface area contributed by atoms with Gasteiger partial charge >= 0.3 is 0 Å². The van der Waals surface area contributed by atoms with Crippen LogP contribution in [-0.2, 0) is 4.79 Å². The summed E-state index contributed by atoms with van der Waals surface area (Å²) in [6, 6.07) is -0.116. The fourth-order valence-corrected chi connectivity index (χ4v) is 4.05. The van der Waals surface area contributed by atoms with Crippen molar-refractivity contribution in [2.75, 3.05) is 31.3 Å². The number of carbonyl (C=O) groups is 2. The number of nitrogens with zero attached hydrogens (tertiary/aromatic N) is 2. The average Bonchev–Trinajstić information content (AvgIpc) is 3.26. The maximum absolute atomic E-state index is 12.3. The molecule has 2 fully saturated rings. The predicted molar refractivity (Wildman–Crippen MR) is 87.2 cm³/mol. The zero-order valence-electron chi connectivity index (χ0n) is 13.4. The molecule has 126 valence electrons. The summed E-state index contributed by atoms with van der Waals surface area (Å²) in [4.78, 5) is 26.5. The topological polar surface area (TPSA) is 87.5 Å². The first-order chi connectivity index (χ1) is 11.1. The molecule has 2 saturated heterocycles. The monoisotopic (exact) mass is 338 g/mol.